The molecule has 1 rings (SSSR count). The lowest BCUT2D eigenvalue weighted by atomic mass is 9.97. The standard InChI is InChI=1S/C18H26N2O4/c1-11(2)14(17(23)24)20-16(22)13-8-6-12(7-9-13)15(21)19-10-18(3,4)5/h6-9,11,14H,10H2,1-5H3,(H,19,21)(H,20,22)(H,23,24)/t14-/m1/s1. The Morgan fingerprint density at radius 2 is 1.46 bits per heavy atom. The van der Waals surface area contributed by atoms with E-state index in [4.69, 9.17) is 5.11 Å². The molecule has 24 heavy (non-hydrogen) atoms. The van der Waals surface area contributed by atoms with Crippen LogP contribution in [0.3, 0.4) is 0 Å². The largest absolute Gasteiger partial charge is 0.480 e. The molecule has 1 aromatic carbocycles. The third-order valence-electron chi connectivity index (χ3n) is 3.41. The molecule has 0 bridgehead atoms. The van der Waals surface area contributed by atoms with Crippen LogP contribution in [0.4, 0.5) is 0 Å². The molecule has 132 valence electrons. The van der Waals surface area contributed by atoms with E-state index in [1.54, 1.807) is 26.0 Å². The zero-order chi connectivity index (χ0) is 18.5. The van der Waals surface area contributed by atoms with E-state index in [9.17, 15) is 14.4 Å². The van der Waals surface area contributed by atoms with E-state index in [2.05, 4.69) is 10.6 Å². The lowest BCUT2D eigenvalue weighted by molar-refractivity contribution is -0.140. The van der Waals surface area contributed by atoms with E-state index in [1.165, 1.54) is 12.1 Å². The lowest BCUT2D eigenvalue weighted by Gasteiger charge is -2.19. The molecule has 1 atom stereocenters. The highest BCUT2D eigenvalue weighted by Gasteiger charge is 2.24. The van der Waals surface area contributed by atoms with Crippen molar-refractivity contribution in [3.63, 3.8) is 0 Å². The van der Waals surface area contributed by atoms with Gasteiger partial charge in [0.15, 0.2) is 0 Å². The summed E-state index contributed by atoms with van der Waals surface area (Å²) in [7, 11) is 0. The number of hydrogen-bond acceptors (Lipinski definition) is 3. The number of carbonyl (C=O) groups excluding carboxylic acids is 2. The fourth-order valence-corrected chi connectivity index (χ4v) is 1.96. The lowest BCUT2D eigenvalue weighted by Crippen LogP contribution is -2.44. The van der Waals surface area contributed by atoms with Crippen molar-refractivity contribution in [3.8, 4) is 0 Å². The highest BCUT2D eigenvalue weighted by Crippen LogP contribution is 2.12. The van der Waals surface area contributed by atoms with E-state index < -0.39 is 17.9 Å². The molecule has 0 spiro atoms. The van der Waals surface area contributed by atoms with Crippen LogP contribution in [0.1, 0.15) is 55.3 Å². The summed E-state index contributed by atoms with van der Waals surface area (Å²) in [6.07, 6.45) is 0. The van der Waals surface area contributed by atoms with Gasteiger partial charge in [-0.05, 0) is 35.6 Å². The van der Waals surface area contributed by atoms with Crippen molar-refractivity contribution in [3.05, 3.63) is 35.4 Å². The van der Waals surface area contributed by atoms with Gasteiger partial charge in [-0.1, -0.05) is 34.6 Å². The Bertz CT molecular complexity index is 600. The van der Waals surface area contributed by atoms with Gasteiger partial charge in [0.25, 0.3) is 11.8 Å². The Morgan fingerprint density at radius 3 is 1.83 bits per heavy atom. The van der Waals surface area contributed by atoms with Gasteiger partial charge in [-0.3, -0.25) is 9.59 Å². The van der Waals surface area contributed by atoms with Crippen LogP contribution < -0.4 is 10.6 Å². The zero-order valence-electron chi connectivity index (χ0n) is 14.8. The van der Waals surface area contributed by atoms with Gasteiger partial charge in [0.1, 0.15) is 6.04 Å². The summed E-state index contributed by atoms with van der Waals surface area (Å²) >= 11 is 0. The molecule has 0 aliphatic heterocycles. The van der Waals surface area contributed by atoms with E-state index in [1.807, 2.05) is 20.8 Å². The van der Waals surface area contributed by atoms with Crippen molar-refractivity contribution in [2.45, 2.75) is 40.7 Å². The molecule has 0 saturated carbocycles. The Labute approximate surface area is 142 Å². The van der Waals surface area contributed by atoms with Crippen molar-refractivity contribution < 1.29 is 19.5 Å². The minimum atomic E-state index is -1.07. The summed E-state index contributed by atoms with van der Waals surface area (Å²) in [5, 5.41) is 14.4. The van der Waals surface area contributed by atoms with Crippen molar-refractivity contribution in [2.24, 2.45) is 11.3 Å². The Morgan fingerprint density at radius 1 is 1.00 bits per heavy atom. The SMILES string of the molecule is CC(C)[C@@H](NC(=O)c1ccc(C(=O)NCC(C)(C)C)cc1)C(=O)O. The van der Waals surface area contributed by atoms with Crippen LogP contribution in [0.25, 0.3) is 0 Å². The minimum absolute atomic E-state index is 0.0157. The van der Waals surface area contributed by atoms with Gasteiger partial charge in [-0.15, -0.1) is 0 Å². The molecular weight excluding hydrogens is 308 g/mol. The maximum atomic E-state index is 12.1. The molecule has 0 radical (unpaired) electrons. The van der Waals surface area contributed by atoms with Crippen LogP contribution in [-0.2, 0) is 4.79 Å². The maximum absolute atomic E-state index is 12.1. The molecule has 1 aromatic rings. The number of rotatable bonds is 6. The second kappa shape index (κ2) is 7.95. The third-order valence-corrected chi connectivity index (χ3v) is 3.41. The summed E-state index contributed by atoms with van der Waals surface area (Å²) in [6, 6.07) is 5.18. The minimum Gasteiger partial charge on any atom is -0.480 e. The molecular formula is C18H26N2O4. The van der Waals surface area contributed by atoms with Crippen molar-refractivity contribution >= 4 is 17.8 Å². The highest BCUT2D eigenvalue weighted by molar-refractivity contribution is 5.99. The Kier molecular flexibility index (Phi) is 6.51. The summed E-state index contributed by atoms with van der Waals surface area (Å²) in [5.41, 5.74) is 0.752. The first-order valence-corrected chi connectivity index (χ1v) is 7.93. The maximum Gasteiger partial charge on any atom is 0.326 e. The molecule has 6 nitrogen and oxygen atoms in total. The van der Waals surface area contributed by atoms with Crippen molar-refractivity contribution in [1.82, 2.24) is 10.6 Å². The first-order valence-electron chi connectivity index (χ1n) is 7.93. The van der Waals surface area contributed by atoms with Crippen LogP contribution in [0.15, 0.2) is 24.3 Å². The second-order valence-electron chi connectivity index (χ2n) is 7.35. The van der Waals surface area contributed by atoms with Gasteiger partial charge < -0.3 is 15.7 Å². The monoisotopic (exact) mass is 334 g/mol. The second-order valence-corrected chi connectivity index (χ2v) is 7.35. The molecule has 0 heterocycles. The predicted molar refractivity (Wildman–Crippen MR) is 92.0 cm³/mol. The van der Waals surface area contributed by atoms with E-state index in [0.717, 1.165) is 0 Å². The smallest absolute Gasteiger partial charge is 0.326 e. The zero-order valence-corrected chi connectivity index (χ0v) is 14.8. The number of carboxylic acids is 1. The van der Waals surface area contributed by atoms with E-state index >= 15 is 0 Å². The fraction of sp³-hybridized carbons (Fsp3) is 0.500. The van der Waals surface area contributed by atoms with Gasteiger partial charge in [-0.25, -0.2) is 4.79 Å². The van der Waals surface area contributed by atoms with E-state index in [0.29, 0.717) is 17.7 Å². The molecule has 2 amide bonds. The quantitative estimate of drug-likeness (QED) is 0.744. The van der Waals surface area contributed by atoms with Crippen LogP contribution in [0, 0.1) is 11.3 Å². The first-order chi connectivity index (χ1) is 11.0. The summed E-state index contributed by atoms with van der Waals surface area (Å²) in [5.74, 6) is -1.98. The molecule has 0 aliphatic rings. The van der Waals surface area contributed by atoms with Crippen molar-refractivity contribution in [2.75, 3.05) is 6.54 Å². The van der Waals surface area contributed by atoms with Crippen LogP contribution in [0.5, 0.6) is 0 Å². The molecule has 0 saturated heterocycles. The molecule has 0 unspecified atom stereocenters. The van der Waals surface area contributed by atoms with Gasteiger partial charge in [0, 0.05) is 17.7 Å². The van der Waals surface area contributed by atoms with E-state index in [-0.39, 0.29) is 17.2 Å². The Hall–Kier alpha value is -2.37. The third kappa shape index (κ3) is 6.02. The number of aliphatic carboxylic acids is 1. The predicted octanol–water partition coefficient (Wildman–Crippen LogP) is 2.30. The number of amides is 2. The average molecular weight is 334 g/mol. The molecule has 6 heteroatoms. The summed E-state index contributed by atoms with van der Waals surface area (Å²) < 4.78 is 0. The first kappa shape index (κ1) is 19.7. The molecule has 0 aromatic heterocycles. The topological polar surface area (TPSA) is 95.5 Å². The van der Waals surface area contributed by atoms with Crippen LogP contribution >= 0.6 is 0 Å². The summed E-state index contributed by atoms with van der Waals surface area (Å²) in [4.78, 5) is 35.3. The fourth-order valence-electron chi connectivity index (χ4n) is 1.96. The normalized spacial score (nSPS) is 12.6. The van der Waals surface area contributed by atoms with Crippen LogP contribution in [-0.4, -0.2) is 35.5 Å². The van der Waals surface area contributed by atoms with Gasteiger partial charge in [-0.2, -0.15) is 0 Å². The number of hydrogen-bond donors (Lipinski definition) is 3. The van der Waals surface area contributed by atoms with Gasteiger partial charge in [0.2, 0.25) is 0 Å². The van der Waals surface area contributed by atoms with Gasteiger partial charge >= 0.3 is 5.97 Å². The number of benzene rings is 1. The van der Waals surface area contributed by atoms with Gasteiger partial charge in [0.05, 0.1) is 0 Å². The molecule has 0 fully saturated rings. The average Bonchev–Trinajstić information content (AvgIpc) is 2.48. The number of carboxylic acid groups (broad SMARTS) is 1. The van der Waals surface area contributed by atoms with Crippen LogP contribution in [0.2, 0.25) is 0 Å². The summed E-state index contributed by atoms with van der Waals surface area (Å²) in [6.45, 7) is 10.1. The molecule has 0 aliphatic carbocycles. The molecule has 3 N–H and O–H groups in total. The van der Waals surface area contributed by atoms with Crippen molar-refractivity contribution in [1.29, 1.82) is 0 Å². The number of carbonyl (C=O) groups is 3. The highest BCUT2D eigenvalue weighted by atomic mass is 16.4. The number of nitrogens with one attached hydrogen (secondary N) is 2. The Balaban J connectivity index is 2.74.